The Balaban J connectivity index is 2.30. The van der Waals surface area contributed by atoms with E-state index in [4.69, 9.17) is 23.2 Å². The maximum atomic E-state index is 12.6. The number of hydrogen-bond donors (Lipinski definition) is 1. The third-order valence-corrected chi connectivity index (χ3v) is 2.55. The van der Waals surface area contributed by atoms with Gasteiger partial charge in [-0.05, 0) is 30.3 Å². The normalized spacial score (nSPS) is 11.4. The van der Waals surface area contributed by atoms with Gasteiger partial charge in [0.2, 0.25) is 0 Å². The summed E-state index contributed by atoms with van der Waals surface area (Å²) in [4.78, 5) is 0. The van der Waals surface area contributed by atoms with Crippen molar-refractivity contribution in [2.45, 2.75) is 6.18 Å². The average Bonchev–Trinajstić information content (AvgIpc) is 2.30. The zero-order chi connectivity index (χ0) is 14.0. The van der Waals surface area contributed by atoms with E-state index >= 15 is 0 Å². The summed E-state index contributed by atoms with van der Waals surface area (Å²) in [6.07, 6.45) is -4.47. The number of hydrogen-bond acceptors (Lipinski definition) is 3. The summed E-state index contributed by atoms with van der Waals surface area (Å²) in [5, 5.41) is 10.1. The van der Waals surface area contributed by atoms with Crippen molar-refractivity contribution >= 4 is 34.7 Å². The van der Waals surface area contributed by atoms with Gasteiger partial charge < -0.3 is 5.32 Å². The minimum atomic E-state index is -4.47. The monoisotopic (exact) mass is 307 g/mol. The molecule has 19 heavy (non-hydrogen) atoms. The number of benzene rings is 1. The summed E-state index contributed by atoms with van der Waals surface area (Å²) in [7, 11) is 0. The number of anilines is 2. The van der Waals surface area contributed by atoms with Crippen molar-refractivity contribution in [2.24, 2.45) is 0 Å². The zero-order valence-corrected chi connectivity index (χ0v) is 10.7. The minimum absolute atomic E-state index is 0.0285. The van der Waals surface area contributed by atoms with Gasteiger partial charge in [0, 0.05) is 10.7 Å². The van der Waals surface area contributed by atoms with E-state index in [2.05, 4.69) is 15.5 Å². The molecule has 0 aliphatic carbocycles. The van der Waals surface area contributed by atoms with Gasteiger partial charge in [-0.15, -0.1) is 10.2 Å². The van der Waals surface area contributed by atoms with Crippen LogP contribution >= 0.6 is 23.2 Å². The van der Waals surface area contributed by atoms with E-state index in [1.165, 1.54) is 18.2 Å². The van der Waals surface area contributed by atoms with Crippen LogP contribution in [0.25, 0.3) is 0 Å². The van der Waals surface area contributed by atoms with Gasteiger partial charge in [0.15, 0.2) is 11.0 Å². The number of rotatable bonds is 2. The lowest BCUT2D eigenvalue weighted by atomic mass is 10.2. The second kappa shape index (κ2) is 5.22. The molecule has 1 aromatic heterocycles. The summed E-state index contributed by atoms with van der Waals surface area (Å²) in [6, 6.07) is 6.09. The standard InChI is InChI=1S/C11H6Cl2F3N3/c12-7-3-6(11(14,15)16)4-8(5-7)17-10-2-1-9(13)18-19-10/h1-5H,(H,17,19). The van der Waals surface area contributed by atoms with E-state index in [9.17, 15) is 13.2 Å². The number of alkyl halides is 3. The second-order valence-corrected chi connectivity index (χ2v) is 4.42. The molecule has 1 aromatic carbocycles. The lowest BCUT2D eigenvalue weighted by Crippen LogP contribution is -2.06. The zero-order valence-electron chi connectivity index (χ0n) is 9.17. The van der Waals surface area contributed by atoms with Crippen molar-refractivity contribution < 1.29 is 13.2 Å². The predicted octanol–water partition coefficient (Wildman–Crippen LogP) is 4.55. The Kier molecular flexibility index (Phi) is 3.82. The Morgan fingerprint density at radius 1 is 1.00 bits per heavy atom. The van der Waals surface area contributed by atoms with E-state index in [0.717, 1.165) is 12.1 Å². The highest BCUT2D eigenvalue weighted by molar-refractivity contribution is 6.31. The number of nitrogens with zero attached hydrogens (tertiary/aromatic N) is 2. The van der Waals surface area contributed by atoms with Crippen LogP contribution in [0.2, 0.25) is 10.2 Å². The van der Waals surface area contributed by atoms with Crippen LogP contribution in [0.5, 0.6) is 0 Å². The van der Waals surface area contributed by atoms with Crippen LogP contribution in [0.15, 0.2) is 30.3 Å². The smallest absolute Gasteiger partial charge is 0.339 e. The molecule has 1 heterocycles. The molecule has 2 rings (SSSR count). The van der Waals surface area contributed by atoms with Crippen LogP contribution in [-0.4, -0.2) is 10.2 Å². The van der Waals surface area contributed by atoms with E-state index in [-0.39, 0.29) is 21.7 Å². The number of nitrogens with one attached hydrogen (secondary N) is 1. The van der Waals surface area contributed by atoms with E-state index in [1.54, 1.807) is 0 Å². The quantitative estimate of drug-likeness (QED) is 0.884. The maximum Gasteiger partial charge on any atom is 0.416 e. The van der Waals surface area contributed by atoms with E-state index < -0.39 is 11.7 Å². The first kappa shape index (κ1) is 13.9. The molecule has 0 fully saturated rings. The third kappa shape index (κ3) is 3.71. The van der Waals surface area contributed by atoms with E-state index in [0.29, 0.717) is 0 Å². The molecule has 0 aliphatic heterocycles. The second-order valence-electron chi connectivity index (χ2n) is 3.59. The molecule has 0 atom stereocenters. The molecule has 0 aliphatic rings. The fourth-order valence-electron chi connectivity index (χ4n) is 1.36. The lowest BCUT2D eigenvalue weighted by Gasteiger charge is -2.11. The van der Waals surface area contributed by atoms with Gasteiger partial charge in [0.25, 0.3) is 0 Å². The van der Waals surface area contributed by atoms with Gasteiger partial charge in [-0.3, -0.25) is 0 Å². The highest BCUT2D eigenvalue weighted by Crippen LogP contribution is 2.33. The first-order chi connectivity index (χ1) is 8.84. The first-order valence-electron chi connectivity index (χ1n) is 4.98. The van der Waals surface area contributed by atoms with Crippen LogP contribution in [0, 0.1) is 0 Å². The molecule has 0 radical (unpaired) electrons. The fraction of sp³-hybridized carbons (Fsp3) is 0.0909. The largest absolute Gasteiger partial charge is 0.416 e. The van der Waals surface area contributed by atoms with Crippen molar-refractivity contribution in [1.82, 2.24) is 10.2 Å². The third-order valence-electron chi connectivity index (χ3n) is 2.13. The molecule has 1 N–H and O–H groups in total. The van der Waals surface area contributed by atoms with Crippen LogP contribution in [0.1, 0.15) is 5.56 Å². The Labute approximate surface area is 116 Å². The highest BCUT2D eigenvalue weighted by Gasteiger charge is 2.31. The molecule has 0 saturated heterocycles. The number of halogens is 5. The SMILES string of the molecule is FC(F)(F)c1cc(Cl)cc(Nc2ccc(Cl)nn2)c1. The summed E-state index contributed by atoms with van der Waals surface area (Å²) in [5.74, 6) is 0.264. The molecular weight excluding hydrogens is 302 g/mol. The van der Waals surface area contributed by atoms with E-state index in [1.807, 2.05) is 0 Å². The summed E-state index contributed by atoms with van der Waals surface area (Å²) < 4.78 is 37.8. The summed E-state index contributed by atoms with van der Waals surface area (Å²) in [6.45, 7) is 0. The number of aromatic nitrogens is 2. The predicted molar refractivity (Wildman–Crippen MR) is 66.8 cm³/mol. The molecule has 8 heteroatoms. The molecule has 0 unspecified atom stereocenters. The molecule has 0 bridgehead atoms. The molecule has 0 spiro atoms. The highest BCUT2D eigenvalue weighted by atomic mass is 35.5. The Hall–Kier alpha value is -1.53. The molecule has 0 saturated carbocycles. The average molecular weight is 308 g/mol. The molecule has 2 aromatic rings. The van der Waals surface area contributed by atoms with Gasteiger partial charge in [-0.25, -0.2) is 0 Å². The lowest BCUT2D eigenvalue weighted by molar-refractivity contribution is -0.137. The topological polar surface area (TPSA) is 37.8 Å². The molecule has 100 valence electrons. The summed E-state index contributed by atoms with van der Waals surface area (Å²) in [5.41, 5.74) is -0.680. The van der Waals surface area contributed by atoms with Gasteiger partial charge in [-0.2, -0.15) is 13.2 Å². The molecular formula is C11H6Cl2F3N3. The van der Waals surface area contributed by atoms with Crippen molar-refractivity contribution in [3.63, 3.8) is 0 Å². The summed E-state index contributed by atoms with van der Waals surface area (Å²) >= 11 is 11.2. The first-order valence-corrected chi connectivity index (χ1v) is 5.74. The van der Waals surface area contributed by atoms with Crippen molar-refractivity contribution in [2.75, 3.05) is 5.32 Å². The van der Waals surface area contributed by atoms with Crippen molar-refractivity contribution in [3.05, 3.63) is 46.1 Å². The molecule has 0 amide bonds. The Morgan fingerprint density at radius 2 is 1.74 bits per heavy atom. The van der Waals surface area contributed by atoms with Gasteiger partial charge in [0.05, 0.1) is 5.56 Å². The van der Waals surface area contributed by atoms with Crippen LogP contribution < -0.4 is 5.32 Å². The Morgan fingerprint density at radius 3 is 2.32 bits per heavy atom. The van der Waals surface area contributed by atoms with Crippen molar-refractivity contribution in [1.29, 1.82) is 0 Å². The maximum absolute atomic E-state index is 12.6. The van der Waals surface area contributed by atoms with Crippen LogP contribution in [0.3, 0.4) is 0 Å². The van der Waals surface area contributed by atoms with Gasteiger partial charge in [0.1, 0.15) is 0 Å². The van der Waals surface area contributed by atoms with Gasteiger partial charge in [-0.1, -0.05) is 23.2 Å². The molecule has 3 nitrogen and oxygen atoms in total. The van der Waals surface area contributed by atoms with Crippen LogP contribution in [0.4, 0.5) is 24.7 Å². The van der Waals surface area contributed by atoms with Gasteiger partial charge >= 0.3 is 6.18 Å². The van der Waals surface area contributed by atoms with Crippen molar-refractivity contribution in [3.8, 4) is 0 Å². The Bertz CT molecular complexity index is 585. The van der Waals surface area contributed by atoms with Crippen LogP contribution in [-0.2, 0) is 6.18 Å². The fourth-order valence-corrected chi connectivity index (χ4v) is 1.69. The minimum Gasteiger partial charge on any atom is -0.339 e.